The highest BCUT2D eigenvalue weighted by Gasteiger charge is 2.12. The van der Waals surface area contributed by atoms with Gasteiger partial charge in [-0.2, -0.15) is 0 Å². The predicted octanol–water partition coefficient (Wildman–Crippen LogP) is 6.41. The van der Waals surface area contributed by atoms with Crippen LogP contribution in [0.2, 0.25) is 0 Å². The van der Waals surface area contributed by atoms with Crippen molar-refractivity contribution in [3.63, 3.8) is 0 Å². The maximum atomic E-state index is 12.3. The molecule has 120 valence electrons. The van der Waals surface area contributed by atoms with Crippen LogP contribution in [0.4, 0.5) is 0 Å². The van der Waals surface area contributed by atoms with E-state index >= 15 is 0 Å². The number of carbonyl (C=O) groups excluding carboxylic acids is 1. The minimum Gasteiger partial charge on any atom is -0.422 e. The Morgan fingerprint density at radius 1 is 0.833 bits per heavy atom. The second-order valence-electron chi connectivity index (χ2n) is 5.36. The molecular weight excluding hydrogens is 432 g/mol. The number of rotatable bonds is 3. The number of aryl methyl sites for hydroxylation is 1. The Kier molecular flexibility index (Phi) is 5.17. The summed E-state index contributed by atoms with van der Waals surface area (Å²) >= 11 is 6.92. The van der Waals surface area contributed by atoms with E-state index in [4.69, 9.17) is 4.74 Å². The molecule has 0 bridgehead atoms. The van der Waals surface area contributed by atoms with E-state index in [2.05, 4.69) is 31.9 Å². The third-order valence-electron chi connectivity index (χ3n) is 3.65. The highest BCUT2D eigenvalue weighted by atomic mass is 79.9. The monoisotopic (exact) mass is 444 g/mol. The minimum atomic E-state index is -0.385. The van der Waals surface area contributed by atoms with Gasteiger partial charge in [0.25, 0.3) is 0 Å². The van der Waals surface area contributed by atoms with E-state index in [1.165, 1.54) is 0 Å². The van der Waals surface area contributed by atoms with Crippen LogP contribution in [0.5, 0.6) is 5.75 Å². The fourth-order valence-electron chi connectivity index (χ4n) is 2.27. The summed E-state index contributed by atoms with van der Waals surface area (Å²) in [6, 6.07) is 21.1. The van der Waals surface area contributed by atoms with Crippen LogP contribution in [0.25, 0.3) is 11.1 Å². The van der Waals surface area contributed by atoms with Gasteiger partial charge in [0, 0.05) is 4.47 Å². The van der Waals surface area contributed by atoms with E-state index in [9.17, 15) is 4.79 Å². The highest BCUT2D eigenvalue weighted by molar-refractivity contribution is 9.10. The van der Waals surface area contributed by atoms with Gasteiger partial charge in [0.2, 0.25) is 0 Å². The molecule has 0 aliphatic heterocycles. The van der Waals surface area contributed by atoms with Gasteiger partial charge in [0.15, 0.2) is 0 Å². The molecule has 0 aliphatic carbocycles. The van der Waals surface area contributed by atoms with Gasteiger partial charge in [-0.3, -0.25) is 0 Å². The first-order valence-electron chi connectivity index (χ1n) is 7.38. The molecule has 2 nitrogen and oxygen atoms in total. The molecule has 24 heavy (non-hydrogen) atoms. The average Bonchev–Trinajstić information content (AvgIpc) is 2.59. The fourth-order valence-corrected chi connectivity index (χ4v) is 3.11. The zero-order valence-corrected chi connectivity index (χ0v) is 16.1. The number of hydrogen-bond donors (Lipinski definition) is 0. The van der Waals surface area contributed by atoms with Crippen LogP contribution in [0.1, 0.15) is 15.9 Å². The SMILES string of the molecule is Cc1ccc(C(=O)Oc2ccc(-c3ccccc3)cc2Br)cc1Br. The smallest absolute Gasteiger partial charge is 0.343 e. The molecule has 0 spiro atoms. The molecule has 0 N–H and O–H groups in total. The van der Waals surface area contributed by atoms with Crippen molar-refractivity contribution in [3.8, 4) is 16.9 Å². The quantitative estimate of drug-likeness (QED) is 0.344. The zero-order valence-electron chi connectivity index (χ0n) is 12.9. The molecule has 0 aliphatic rings. The molecule has 0 heterocycles. The van der Waals surface area contributed by atoms with Crippen LogP contribution in [0.15, 0.2) is 75.7 Å². The predicted molar refractivity (Wildman–Crippen MR) is 103 cm³/mol. The van der Waals surface area contributed by atoms with Crippen molar-refractivity contribution in [2.75, 3.05) is 0 Å². The number of halogens is 2. The van der Waals surface area contributed by atoms with Gasteiger partial charge in [-0.05, 0) is 63.8 Å². The molecule has 3 aromatic rings. The van der Waals surface area contributed by atoms with Crippen LogP contribution in [-0.2, 0) is 0 Å². The molecule has 0 aromatic heterocycles. The molecular formula is C20H14Br2O2. The molecule has 0 unspecified atom stereocenters. The van der Waals surface area contributed by atoms with E-state index in [1.807, 2.05) is 55.5 Å². The summed E-state index contributed by atoms with van der Waals surface area (Å²) in [5, 5.41) is 0. The highest BCUT2D eigenvalue weighted by Crippen LogP contribution is 2.31. The Bertz CT molecular complexity index is 889. The van der Waals surface area contributed by atoms with Crippen molar-refractivity contribution in [1.29, 1.82) is 0 Å². The van der Waals surface area contributed by atoms with Gasteiger partial charge < -0.3 is 4.74 Å². The lowest BCUT2D eigenvalue weighted by Crippen LogP contribution is -2.09. The third-order valence-corrected chi connectivity index (χ3v) is 5.12. The Balaban J connectivity index is 1.82. The summed E-state index contributed by atoms with van der Waals surface area (Å²) in [4.78, 5) is 12.3. The lowest BCUT2D eigenvalue weighted by atomic mass is 10.1. The van der Waals surface area contributed by atoms with Crippen LogP contribution in [0.3, 0.4) is 0 Å². The topological polar surface area (TPSA) is 26.3 Å². The van der Waals surface area contributed by atoms with E-state index in [0.717, 1.165) is 25.6 Å². The summed E-state index contributed by atoms with van der Waals surface area (Å²) < 4.78 is 7.13. The molecule has 0 amide bonds. The summed E-state index contributed by atoms with van der Waals surface area (Å²) in [6.07, 6.45) is 0. The van der Waals surface area contributed by atoms with Crippen LogP contribution in [-0.4, -0.2) is 5.97 Å². The molecule has 4 heteroatoms. The van der Waals surface area contributed by atoms with Crippen molar-refractivity contribution in [1.82, 2.24) is 0 Å². The maximum absolute atomic E-state index is 12.3. The molecule has 3 rings (SSSR count). The van der Waals surface area contributed by atoms with E-state index < -0.39 is 0 Å². The van der Waals surface area contributed by atoms with Crippen LogP contribution < -0.4 is 4.74 Å². The standard InChI is InChI=1S/C20H14Br2O2/c1-13-7-8-16(12-17(13)21)20(23)24-19-10-9-15(11-18(19)22)14-5-3-2-4-6-14/h2-12H,1H3. The number of carbonyl (C=O) groups is 1. The lowest BCUT2D eigenvalue weighted by Gasteiger charge is -2.09. The molecule has 0 atom stereocenters. The second-order valence-corrected chi connectivity index (χ2v) is 7.07. The molecule has 0 saturated heterocycles. The largest absolute Gasteiger partial charge is 0.422 e. The van der Waals surface area contributed by atoms with Crippen molar-refractivity contribution in [2.24, 2.45) is 0 Å². The Morgan fingerprint density at radius 3 is 2.25 bits per heavy atom. The fraction of sp³-hybridized carbons (Fsp3) is 0.0500. The first-order chi connectivity index (χ1) is 11.5. The summed E-state index contributed by atoms with van der Waals surface area (Å²) in [7, 11) is 0. The zero-order chi connectivity index (χ0) is 17.1. The van der Waals surface area contributed by atoms with Crippen molar-refractivity contribution in [2.45, 2.75) is 6.92 Å². The summed E-state index contributed by atoms with van der Waals surface area (Å²) in [5.74, 6) is 0.111. The van der Waals surface area contributed by atoms with Crippen LogP contribution >= 0.6 is 31.9 Å². The lowest BCUT2D eigenvalue weighted by molar-refractivity contribution is 0.0733. The molecule has 0 fully saturated rings. The van der Waals surface area contributed by atoms with E-state index in [-0.39, 0.29) is 5.97 Å². The van der Waals surface area contributed by atoms with Gasteiger partial charge in [-0.15, -0.1) is 0 Å². The minimum absolute atomic E-state index is 0.385. The average molecular weight is 446 g/mol. The molecule has 3 aromatic carbocycles. The molecule has 0 saturated carbocycles. The first-order valence-corrected chi connectivity index (χ1v) is 8.96. The Hall–Kier alpha value is -1.91. The Morgan fingerprint density at radius 2 is 1.58 bits per heavy atom. The van der Waals surface area contributed by atoms with Crippen molar-refractivity contribution >= 4 is 37.8 Å². The third kappa shape index (κ3) is 3.77. The summed E-state index contributed by atoms with van der Waals surface area (Å²) in [6.45, 7) is 1.97. The van der Waals surface area contributed by atoms with E-state index in [1.54, 1.807) is 18.2 Å². The van der Waals surface area contributed by atoms with E-state index in [0.29, 0.717) is 11.3 Å². The van der Waals surface area contributed by atoms with Gasteiger partial charge in [0.05, 0.1) is 10.0 Å². The summed E-state index contributed by atoms with van der Waals surface area (Å²) in [5.41, 5.74) is 3.74. The number of ether oxygens (including phenoxy) is 1. The maximum Gasteiger partial charge on any atom is 0.343 e. The van der Waals surface area contributed by atoms with Gasteiger partial charge in [-0.1, -0.05) is 58.4 Å². The Labute approximate surface area is 157 Å². The number of hydrogen-bond acceptors (Lipinski definition) is 2. The first kappa shape index (κ1) is 16.9. The van der Waals surface area contributed by atoms with Crippen molar-refractivity contribution < 1.29 is 9.53 Å². The van der Waals surface area contributed by atoms with Gasteiger partial charge in [-0.25, -0.2) is 4.79 Å². The van der Waals surface area contributed by atoms with Crippen LogP contribution in [0, 0.1) is 6.92 Å². The molecule has 0 radical (unpaired) electrons. The van der Waals surface area contributed by atoms with Gasteiger partial charge in [0.1, 0.15) is 5.75 Å². The normalized spacial score (nSPS) is 10.5. The van der Waals surface area contributed by atoms with Gasteiger partial charge >= 0.3 is 5.97 Å². The van der Waals surface area contributed by atoms with Crippen molar-refractivity contribution in [3.05, 3.63) is 86.8 Å². The second kappa shape index (κ2) is 7.32. The number of benzene rings is 3. The number of esters is 1.